The van der Waals surface area contributed by atoms with Crippen LogP contribution in [0.2, 0.25) is 0 Å². The Morgan fingerprint density at radius 1 is 1.12 bits per heavy atom. The molecule has 0 aliphatic heterocycles. The first kappa shape index (κ1) is 23.3. The topological polar surface area (TPSA) is 116 Å². The predicted molar refractivity (Wildman–Crippen MR) is 135 cm³/mol. The summed E-state index contributed by atoms with van der Waals surface area (Å²) in [5.41, 5.74) is 4.44. The first-order chi connectivity index (χ1) is 16.5. The number of fused-ring (bicyclic) bond motifs is 1. The predicted octanol–water partition coefficient (Wildman–Crippen LogP) is 4.27. The second kappa shape index (κ2) is 10.4. The van der Waals surface area contributed by atoms with Crippen molar-refractivity contribution < 1.29 is 5.11 Å². The molecule has 3 heterocycles. The molecule has 9 nitrogen and oxygen atoms in total. The number of aliphatic hydroxyl groups is 1. The minimum atomic E-state index is -0.280. The van der Waals surface area contributed by atoms with E-state index in [4.69, 9.17) is 15.4 Å². The number of aliphatic hydroxyl groups excluding tert-OH is 1. The summed E-state index contributed by atoms with van der Waals surface area (Å²) in [6, 6.07) is 14.0. The van der Waals surface area contributed by atoms with E-state index in [2.05, 4.69) is 53.4 Å². The molecular weight excluding hydrogens is 428 g/mol. The molecule has 3 N–H and O–H groups in total. The maximum absolute atomic E-state index is 9.79. The number of imidazole rings is 1. The number of pyridine rings is 1. The van der Waals surface area contributed by atoms with E-state index in [9.17, 15) is 5.11 Å². The van der Waals surface area contributed by atoms with Gasteiger partial charge in [0.1, 0.15) is 0 Å². The molecule has 0 spiro atoms. The van der Waals surface area contributed by atoms with Crippen LogP contribution in [0.15, 0.2) is 55.0 Å². The molecule has 0 saturated heterocycles. The second-order valence-corrected chi connectivity index (χ2v) is 8.34. The molecule has 0 bridgehead atoms. The molecule has 3 aromatic heterocycles. The van der Waals surface area contributed by atoms with Crippen LogP contribution in [0.25, 0.3) is 22.4 Å². The highest BCUT2D eigenvalue weighted by Crippen LogP contribution is 2.26. The third-order valence-electron chi connectivity index (χ3n) is 5.79. The lowest BCUT2D eigenvalue weighted by Gasteiger charge is -2.25. The maximum Gasteiger partial charge on any atom is 0.235 e. The van der Waals surface area contributed by atoms with Gasteiger partial charge in [0.2, 0.25) is 5.95 Å². The highest BCUT2D eigenvalue weighted by atomic mass is 16.3. The van der Waals surface area contributed by atoms with Gasteiger partial charge in [-0.15, -0.1) is 0 Å². The molecular formula is C25H30N8O. The summed E-state index contributed by atoms with van der Waals surface area (Å²) in [6.45, 7) is 6.54. The number of nitrogens with zero attached hydrogens (tertiary/aromatic N) is 6. The van der Waals surface area contributed by atoms with Gasteiger partial charge in [-0.05, 0) is 38.0 Å². The van der Waals surface area contributed by atoms with Gasteiger partial charge in [0.25, 0.3) is 0 Å². The van der Waals surface area contributed by atoms with Crippen LogP contribution in [0.1, 0.15) is 38.8 Å². The molecule has 0 saturated carbocycles. The van der Waals surface area contributed by atoms with Crippen molar-refractivity contribution >= 4 is 29.3 Å². The Balaban J connectivity index is 1.65. The minimum Gasteiger partial charge on any atom is -0.394 e. The van der Waals surface area contributed by atoms with Gasteiger partial charge < -0.3 is 15.0 Å². The van der Waals surface area contributed by atoms with Crippen LogP contribution >= 0.6 is 0 Å². The van der Waals surface area contributed by atoms with E-state index in [1.165, 1.54) is 6.34 Å². The number of benzene rings is 1. The van der Waals surface area contributed by atoms with Crippen molar-refractivity contribution in [3.8, 4) is 11.3 Å². The van der Waals surface area contributed by atoms with Crippen LogP contribution in [0, 0.1) is 5.41 Å². The molecule has 0 fully saturated rings. The molecule has 4 aromatic rings. The molecule has 1 unspecified atom stereocenters. The Morgan fingerprint density at radius 2 is 1.91 bits per heavy atom. The average Bonchev–Trinajstić information content (AvgIpc) is 3.31. The van der Waals surface area contributed by atoms with Crippen LogP contribution in [0.5, 0.6) is 0 Å². The average molecular weight is 459 g/mol. The number of anilines is 2. The van der Waals surface area contributed by atoms with Crippen LogP contribution < -0.4 is 10.2 Å². The van der Waals surface area contributed by atoms with Crippen molar-refractivity contribution in [2.75, 3.05) is 16.8 Å². The van der Waals surface area contributed by atoms with Crippen molar-refractivity contribution in [3.05, 3.63) is 60.6 Å². The first-order valence-electron chi connectivity index (χ1n) is 11.4. The number of rotatable bonds is 10. The van der Waals surface area contributed by atoms with Crippen molar-refractivity contribution in [2.45, 2.75) is 45.8 Å². The van der Waals surface area contributed by atoms with Crippen molar-refractivity contribution in [2.24, 2.45) is 0 Å². The molecule has 176 valence electrons. The number of nitrogens with one attached hydrogen (secondary N) is 2. The molecule has 0 aliphatic rings. The fraction of sp³-hybridized carbons (Fsp3) is 0.320. The van der Waals surface area contributed by atoms with Gasteiger partial charge in [0.05, 0.1) is 31.0 Å². The van der Waals surface area contributed by atoms with Crippen LogP contribution in [-0.2, 0) is 6.54 Å². The first-order valence-corrected chi connectivity index (χ1v) is 11.4. The van der Waals surface area contributed by atoms with Gasteiger partial charge in [-0.25, -0.2) is 4.98 Å². The van der Waals surface area contributed by atoms with Gasteiger partial charge in [0.15, 0.2) is 17.0 Å². The highest BCUT2D eigenvalue weighted by Gasteiger charge is 2.22. The van der Waals surface area contributed by atoms with E-state index in [1.807, 2.05) is 29.7 Å². The normalized spacial score (nSPS) is 12.1. The number of aromatic nitrogens is 5. The van der Waals surface area contributed by atoms with Gasteiger partial charge in [-0.3, -0.25) is 15.3 Å². The van der Waals surface area contributed by atoms with Crippen molar-refractivity contribution in [1.82, 2.24) is 24.5 Å². The van der Waals surface area contributed by atoms with E-state index in [-0.39, 0.29) is 18.7 Å². The smallest absolute Gasteiger partial charge is 0.235 e. The standard InChI is InChI=1S/C25H30N8O/c1-4-20(14-34)32(15-26)25-30-23(22-24(31-25)33(16-29-22)17(2)3)28-13-18-8-10-19(11-9-18)21-7-5-6-12-27-21/h5-12,15-17,20,26,34H,4,13-14H2,1-3H3,(H,28,30,31). The zero-order chi connectivity index (χ0) is 24.1. The largest absolute Gasteiger partial charge is 0.394 e. The van der Waals surface area contributed by atoms with Gasteiger partial charge in [-0.2, -0.15) is 9.97 Å². The summed E-state index contributed by atoms with van der Waals surface area (Å²) in [6.07, 6.45) is 5.37. The summed E-state index contributed by atoms with van der Waals surface area (Å²) in [7, 11) is 0. The minimum absolute atomic E-state index is 0.0951. The Kier molecular flexibility index (Phi) is 7.12. The zero-order valence-corrected chi connectivity index (χ0v) is 19.7. The summed E-state index contributed by atoms with van der Waals surface area (Å²) < 4.78 is 1.98. The van der Waals surface area contributed by atoms with Gasteiger partial charge >= 0.3 is 0 Å². The quantitative estimate of drug-likeness (QED) is 0.240. The number of hydrogen-bond acceptors (Lipinski definition) is 7. The maximum atomic E-state index is 9.79. The molecule has 0 radical (unpaired) electrons. The fourth-order valence-corrected chi connectivity index (χ4v) is 3.77. The second-order valence-electron chi connectivity index (χ2n) is 8.34. The molecule has 9 heteroatoms. The molecule has 0 aliphatic carbocycles. The Labute approximate surface area is 199 Å². The molecule has 34 heavy (non-hydrogen) atoms. The molecule has 4 rings (SSSR count). The Hall–Kier alpha value is -3.85. The lowest BCUT2D eigenvalue weighted by molar-refractivity contribution is 0.263. The van der Waals surface area contributed by atoms with Crippen molar-refractivity contribution in [3.63, 3.8) is 0 Å². The lowest BCUT2D eigenvalue weighted by atomic mass is 10.1. The lowest BCUT2D eigenvalue weighted by Crippen LogP contribution is -2.37. The summed E-state index contributed by atoms with van der Waals surface area (Å²) in [5.74, 6) is 0.951. The van der Waals surface area contributed by atoms with E-state index < -0.39 is 0 Å². The molecule has 1 aromatic carbocycles. The van der Waals surface area contributed by atoms with Crippen LogP contribution in [0.4, 0.5) is 11.8 Å². The summed E-state index contributed by atoms with van der Waals surface area (Å²) in [5, 5.41) is 21.1. The third kappa shape index (κ3) is 4.74. The molecule has 1 atom stereocenters. The highest BCUT2D eigenvalue weighted by molar-refractivity contribution is 5.86. The summed E-state index contributed by atoms with van der Waals surface area (Å²) >= 11 is 0. The zero-order valence-electron chi connectivity index (χ0n) is 19.7. The third-order valence-corrected chi connectivity index (χ3v) is 5.79. The number of hydrogen-bond donors (Lipinski definition) is 3. The van der Waals surface area contributed by atoms with Crippen LogP contribution in [0.3, 0.4) is 0 Å². The molecule has 0 amide bonds. The van der Waals surface area contributed by atoms with E-state index in [0.29, 0.717) is 35.9 Å². The SMILES string of the molecule is CCC(CO)N(C=N)c1nc(NCc2ccc(-c3ccccn3)cc2)c2ncn(C(C)C)c2n1. The van der Waals surface area contributed by atoms with Crippen molar-refractivity contribution in [1.29, 1.82) is 5.41 Å². The van der Waals surface area contributed by atoms with Crippen LogP contribution in [-0.4, -0.2) is 48.6 Å². The monoisotopic (exact) mass is 458 g/mol. The van der Waals surface area contributed by atoms with E-state index >= 15 is 0 Å². The fourth-order valence-electron chi connectivity index (χ4n) is 3.77. The van der Waals surface area contributed by atoms with E-state index in [1.54, 1.807) is 17.4 Å². The Morgan fingerprint density at radius 3 is 2.53 bits per heavy atom. The van der Waals surface area contributed by atoms with Gasteiger partial charge in [-0.1, -0.05) is 37.3 Å². The van der Waals surface area contributed by atoms with Gasteiger partial charge in [0, 0.05) is 24.3 Å². The van der Waals surface area contributed by atoms with E-state index in [0.717, 1.165) is 16.8 Å². The Bertz CT molecular complexity index is 1230. The summed E-state index contributed by atoms with van der Waals surface area (Å²) in [4.78, 5) is 20.0.